The van der Waals surface area contributed by atoms with E-state index in [2.05, 4.69) is 15.0 Å². The first-order valence-electron chi connectivity index (χ1n) is 10.6. The second-order valence-electron chi connectivity index (χ2n) is 7.78. The van der Waals surface area contributed by atoms with E-state index >= 15 is 0 Å². The molecule has 0 saturated carbocycles. The summed E-state index contributed by atoms with van der Waals surface area (Å²) < 4.78 is 41.0. The molecule has 0 unspecified atom stereocenters. The van der Waals surface area contributed by atoms with E-state index in [1.807, 2.05) is 12.3 Å². The molecule has 0 fully saturated rings. The van der Waals surface area contributed by atoms with E-state index in [-0.39, 0.29) is 10.5 Å². The van der Waals surface area contributed by atoms with Crippen LogP contribution in [0.2, 0.25) is 0 Å². The molecule has 34 heavy (non-hydrogen) atoms. The van der Waals surface area contributed by atoms with Crippen molar-refractivity contribution in [2.24, 2.45) is 0 Å². The Balaban J connectivity index is 1.26. The molecular formula is C23H22N4O5S2. The Hall–Kier alpha value is -3.57. The molecule has 0 spiro atoms. The predicted molar refractivity (Wildman–Crippen MR) is 131 cm³/mol. The van der Waals surface area contributed by atoms with Crippen molar-refractivity contribution in [2.75, 3.05) is 23.3 Å². The summed E-state index contributed by atoms with van der Waals surface area (Å²) in [5, 5.41) is 5.10. The van der Waals surface area contributed by atoms with E-state index < -0.39 is 10.0 Å². The summed E-state index contributed by atoms with van der Waals surface area (Å²) in [5.74, 6) is 0.960. The smallest absolute Gasteiger partial charge is 0.262 e. The van der Waals surface area contributed by atoms with Gasteiger partial charge in [-0.25, -0.2) is 13.4 Å². The second kappa shape index (κ2) is 8.99. The average molecular weight is 499 g/mol. The first kappa shape index (κ1) is 22.2. The minimum Gasteiger partial charge on any atom is -0.490 e. The third-order valence-corrected chi connectivity index (χ3v) is 7.59. The maximum absolute atomic E-state index is 12.8. The molecule has 0 saturated heterocycles. The normalized spacial score (nSPS) is 13.4. The Kier molecular flexibility index (Phi) is 5.88. The fourth-order valence-electron chi connectivity index (χ4n) is 3.57. The Labute approximate surface area is 200 Å². The van der Waals surface area contributed by atoms with E-state index in [1.165, 1.54) is 29.5 Å². The number of benzene rings is 2. The summed E-state index contributed by atoms with van der Waals surface area (Å²) in [6.07, 6.45) is 0.741. The second-order valence-corrected chi connectivity index (χ2v) is 10.3. The number of hydrogen-bond acceptors (Lipinski definition) is 8. The summed E-state index contributed by atoms with van der Waals surface area (Å²) in [7, 11) is -3.80. The van der Waals surface area contributed by atoms with Crippen LogP contribution in [0.1, 0.15) is 17.8 Å². The molecule has 0 radical (unpaired) electrons. The Bertz CT molecular complexity index is 1510. The number of rotatable bonds is 6. The summed E-state index contributed by atoms with van der Waals surface area (Å²) >= 11 is 1.42. The first-order valence-corrected chi connectivity index (χ1v) is 13.0. The van der Waals surface area contributed by atoms with E-state index in [0.29, 0.717) is 47.6 Å². The number of anilines is 2. The van der Waals surface area contributed by atoms with Gasteiger partial charge < -0.3 is 14.8 Å². The molecule has 1 aliphatic rings. The molecule has 11 heteroatoms. The van der Waals surface area contributed by atoms with Gasteiger partial charge in [-0.05, 0) is 43.3 Å². The van der Waals surface area contributed by atoms with Gasteiger partial charge in [-0.15, -0.1) is 11.3 Å². The van der Waals surface area contributed by atoms with Crippen molar-refractivity contribution in [3.05, 3.63) is 75.7 Å². The third kappa shape index (κ3) is 4.57. The van der Waals surface area contributed by atoms with Gasteiger partial charge in [0.25, 0.3) is 15.6 Å². The zero-order valence-electron chi connectivity index (χ0n) is 18.3. The SMILES string of the molecule is Cc1csc2nc(CNc3ccc(NS(=O)(=O)c4ccc5c(c4)OCCCO5)cc3)cc(=O)n12. The Morgan fingerprint density at radius 1 is 1.03 bits per heavy atom. The lowest BCUT2D eigenvalue weighted by Crippen LogP contribution is -2.16. The lowest BCUT2D eigenvalue weighted by molar-refractivity contribution is 0.297. The fourth-order valence-corrected chi connectivity index (χ4v) is 5.53. The van der Waals surface area contributed by atoms with Crippen LogP contribution < -0.4 is 25.1 Å². The minimum atomic E-state index is -3.80. The molecule has 4 aromatic rings. The molecule has 1 aliphatic heterocycles. The molecule has 0 amide bonds. The number of sulfonamides is 1. The van der Waals surface area contributed by atoms with E-state index in [9.17, 15) is 13.2 Å². The van der Waals surface area contributed by atoms with Crippen LogP contribution in [-0.4, -0.2) is 31.0 Å². The lowest BCUT2D eigenvalue weighted by atomic mass is 10.3. The van der Waals surface area contributed by atoms with Crippen LogP contribution in [0.3, 0.4) is 0 Å². The molecule has 2 aromatic heterocycles. The van der Waals surface area contributed by atoms with Crippen molar-refractivity contribution in [1.82, 2.24) is 9.38 Å². The monoisotopic (exact) mass is 498 g/mol. The van der Waals surface area contributed by atoms with E-state index in [4.69, 9.17) is 9.47 Å². The van der Waals surface area contributed by atoms with Gasteiger partial charge in [-0.1, -0.05) is 0 Å². The van der Waals surface area contributed by atoms with Crippen molar-refractivity contribution >= 4 is 37.7 Å². The first-order chi connectivity index (χ1) is 16.4. The van der Waals surface area contributed by atoms with Gasteiger partial charge in [0.1, 0.15) is 0 Å². The number of ether oxygens (including phenoxy) is 2. The van der Waals surface area contributed by atoms with Gasteiger partial charge in [0.2, 0.25) is 0 Å². The van der Waals surface area contributed by atoms with Crippen molar-refractivity contribution in [1.29, 1.82) is 0 Å². The summed E-state index contributed by atoms with van der Waals surface area (Å²) in [6, 6.07) is 12.9. The molecular weight excluding hydrogens is 476 g/mol. The van der Waals surface area contributed by atoms with E-state index in [0.717, 1.165) is 17.8 Å². The van der Waals surface area contributed by atoms with Crippen LogP contribution in [0.5, 0.6) is 11.5 Å². The number of fused-ring (bicyclic) bond motifs is 2. The highest BCUT2D eigenvalue weighted by atomic mass is 32.2. The summed E-state index contributed by atoms with van der Waals surface area (Å²) in [4.78, 5) is 17.6. The molecule has 2 aromatic carbocycles. The van der Waals surface area contributed by atoms with Crippen LogP contribution in [0.15, 0.2) is 63.6 Å². The fraction of sp³-hybridized carbons (Fsp3) is 0.217. The number of aryl methyl sites for hydroxylation is 1. The van der Waals surface area contributed by atoms with Crippen LogP contribution in [0.4, 0.5) is 11.4 Å². The van der Waals surface area contributed by atoms with Gasteiger partial charge in [0.15, 0.2) is 16.5 Å². The number of hydrogen-bond donors (Lipinski definition) is 2. The summed E-state index contributed by atoms with van der Waals surface area (Å²) in [6.45, 7) is 3.25. The summed E-state index contributed by atoms with van der Waals surface area (Å²) in [5.41, 5.74) is 2.57. The van der Waals surface area contributed by atoms with Crippen LogP contribution in [0, 0.1) is 6.92 Å². The molecule has 5 rings (SSSR count). The van der Waals surface area contributed by atoms with Crippen molar-refractivity contribution in [2.45, 2.75) is 24.8 Å². The molecule has 176 valence electrons. The van der Waals surface area contributed by atoms with Crippen LogP contribution in [-0.2, 0) is 16.6 Å². The number of nitrogens with one attached hydrogen (secondary N) is 2. The van der Waals surface area contributed by atoms with Gasteiger partial charge in [-0.2, -0.15) is 0 Å². The highest BCUT2D eigenvalue weighted by Gasteiger charge is 2.19. The Morgan fingerprint density at radius 2 is 1.76 bits per heavy atom. The van der Waals surface area contributed by atoms with Gasteiger partial charge in [-0.3, -0.25) is 13.9 Å². The van der Waals surface area contributed by atoms with Gasteiger partial charge >= 0.3 is 0 Å². The molecule has 0 atom stereocenters. The molecule has 0 bridgehead atoms. The van der Waals surface area contributed by atoms with Gasteiger partial charge in [0.05, 0.1) is 30.3 Å². The predicted octanol–water partition coefficient (Wildman–Crippen LogP) is 3.64. The topological polar surface area (TPSA) is 111 Å². The lowest BCUT2D eigenvalue weighted by Gasteiger charge is -2.12. The van der Waals surface area contributed by atoms with Gasteiger partial charge in [0, 0.05) is 41.0 Å². The quantitative estimate of drug-likeness (QED) is 0.418. The van der Waals surface area contributed by atoms with Crippen LogP contribution >= 0.6 is 11.3 Å². The van der Waals surface area contributed by atoms with E-state index in [1.54, 1.807) is 34.7 Å². The largest absolute Gasteiger partial charge is 0.490 e. The van der Waals surface area contributed by atoms with Crippen LogP contribution in [0.25, 0.3) is 4.96 Å². The maximum Gasteiger partial charge on any atom is 0.262 e. The molecule has 0 aliphatic carbocycles. The number of thiazole rings is 1. The zero-order valence-corrected chi connectivity index (χ0v) is 19.9. The molecule has 2 N–H and O–H groups in total. The Morgan fingerprint density at radius 3 is 2.56 bits per heavy atom. The maximum atomic E-state index is 12.8. The van der Waals surface area contributed by atoms with Crippen molar-refractivity contribution in [3.63, 3.8) is 0 Å². The molecule has 3 heterocycles. The van der Waals surface area contributed by atoms with Crippen molar-refractivity contribution in [3.8, 4) is 11.5 Å². The zero-order chi connectivity index (χ0) is 23.7. The minimum absolute atomic E-state index is 0.0931. The standard InChI is InChI=1S/C23H22N4O5S2/c1-15-14-33-23-25-18(11-22(28)27(15)23)13-24-16-3-5-17(6-4-16)26-34(29,30)19-7-8-20-21(12-19)32-10-2-9-31-20/h3-8,11-12,14,24,26H,2,9-10,13H2,1H3. The highest BCUT2D eigenvalue weighted by Crippen LogP contribution is 2.32. The number of nitrogens with zero attached hydrogens (tertiary/aromatic N) is 2. The highest BCUT2D eigenvalue weighted by molar-refractivity contribution is 7.92. The molecule has 9 nitrogen and oxygen atoms in total. The third-order valence-electron chi connectivity index (χ3n) is 5.27. The number of aromatic nitrogens is 2. The van der Waals surface area contributed by atoms with Crippen molar-refractivity contribution < 1.29 is 17.9 Å². The average Bonchev–Trinajstić information content (AvgIpc) is 3.04.